The maximum atomic E-state index is 12.9. The van der Waals surface area contributed by atoms with Crippen LogP contribution in [-0.2, 0) is 10.0 Å². The van der Waals surface area contributed by atoms with Crippen LogP contribution in [0.1, 0.15) is 18.1 Å². The average molecular weight is 449 g/mol. The lowest BCUT2D eigenvalue weighted by molar-refractivity contribution is -0.384. The summed E-state index contributed by atoms with van der Waals surface area (Å²) >= 11 is 0. The molecule has 1 unspecified atom stereocenters. The maximum Gasteiger partial charge on any atom is 0.293 e. The normalized spacial score (nSPS) is 16.2. The van der Waals surface area contributed by atoms with Gasteiger partial charge in [0.05, 0.1) is 21.6 Å². The Morgan fingerprint density at radius 2 is 1.81 bits per heavy atom. The molecule has 10 heteroatoms. The number of sulfonamides is 1. The van der Waals surface area contributed by atoms with Gasteiger partial charge in [0.2, 0.25) is 0 Å². The highest BCUT2D eigenvalue weighted by atomic mass is 32.2. The van der Waals surface area contributed by atoms with E-state index in [1.807, 2.05) is 17.9 Å². The zero-order chi connectivity index (χ0) is 22.8. The van der Waals surface area contributed by atoms with E-state index in [2.05, 4.69) is 9.62 Å². The topological polar surface area (TPSA) is 116 Å². The number of rotatable bonds is 7. The number of β-amino-alcohol motifs (C(OH)–C–C–N with tert-alkyl or cyclic N) is 1. The van der Waals surface area contributed by atoms with Crippen LogP contribution in [0.4, 0.5) is 17.1 Å². The molecule has 1 aliphatic rings. The van der Waals surface area contributed by atoms with Crippen molar-refractivity contribution in [3.63, 3.8) is 0 Å². The van der Waals surface area contributed by atoms with Gasteiger partial charge in [-0.25, -0.2) is 8.42 Å². The first-order chi connectivity index (χ1) is 14.6. The highest BCUT2D eigenvalue weighted by molar-refractivity contribution is 7.92. The molecule has 0 aromatic heterocycles. The first kappa shape index (κ1) is 23.0. The molecule has 2 N–H and O–H groups in total. The highest BCUT2D eigenvalue weighted by Crippen LogP contribution is 2.32. The smallest absolute Gasteiger partial charge is 0.293 e. The molecule has 1 fully saturated rings. The van der Waals surface area contributed by atoms with Crippen LogP contribution in [0.2, 0.25) is 0 Å². The molecule has 3 rings (SSSR count). The third-order valence-electron chi connectivity index (χ3n) is 5.32. The maximum absolute atomic E-state index is 12.9. The van der Waals surface area contributed by atoms with Crippen molar-refractivity contribution in [1.29, 1.82) is 0 Å². The van der Waals surface area contributed by atoms with Gasteiger partial charge in [0, 0.05) is 38.8 Å². The summed E-state index contributed by atoms with van der Waals surface area (Å²) in [7, 11) is -3.98. The number of benzene rings is 2. The summed E-state index contributed by atoms with van der Waals surface area (Å²) in [5.74, 6) is 0. The van der Waals surface area contributed by atoms with Crippen LogP contribution in [-0.4, -0.2) is 62.2 Å². The number of nitro benzene ring substituents is 1. The second-order valence-electron chi connectivity index (χ2n) is 7.97. The van der Waals surface area contributed by atoms with Crippen molar-refractivity contribution in [3.8, 4) is 0 Å². The molecule has 0 bridgehead atoms. The van der Waals surface area contributed by atoms with E-state index >= 15 is 0 Å². The van der Waals surface area contributed by atoms with Gasteiger partial charge in [0.25, 0.3) is 15.7 Å². The quantitative estimate of drug-likeness (QED) is 0.494. The first-order valence-corrected chi connectivity index (χ1v) is 11.6. The van der Waals surface area contributed by atoms with E-state index in [4.69, 9.17) is 0 Å². The molecule has 1 heterocycles. The van der Waals surface area contributed by atoms with E-state index in [9.17, 15) is 23.6 Å². The molecule has 31 heavy (non-hydrogen) atoms. The largest absolute Gasteiger partial charge is 0.392 e. The van der Waals surface area contributed by atoms with E-state index in [1.165, 1.54) is 12.1 Å². The number of aryl methyl sites for hydroxylation is 2. The summed E-state index contributed by atoms with van der Waals surface area (Å²) in [6, 6.07) is 9.35. The summed E-state index contributed by atoms with van der Waals surface area (Å²) in [5.41, 5.74) is 2.37. The lowest BCUT2D eigenvalue weighted by Gasteiger charge is -2.36. The Labute approximate surface area is 182 Å². The summed E-state index contributed by atoms with van der Waals surface area (Å²) in [6.45, 7) is 8.43. The van der Waals surface area contributed by atoms with Gasteiger partial charge in [0.15, 0.2) is 0 Å². The van der Waals surface area contributed by atoms with Crippen LogP contribution < -0.4 is 9.62 Å². The molecule has 2 aromatic rings. The fourth-order valence-corrected chi connectivity index (χ4v) is 4.91. The van der Waals surface area contributed by atoms with Crippen LogP contribution in [0.5, 0.6) is 0 Å². The van der Waals surface area contributed by atoms with Gasteiger partial charge in [0.1, 0.15) is 5.69 Å². The fraction of sp³-hybridized carbons (Fsp3) is 0.429. The lowest BCUT2D eigenvalue weighted by Crippen LogP contribution is -2.48. The van der Waals surface area contributed by atoms with E-state index in [1.54, 1.807) is 26.0 Å². The van der Waals surface area contributed by atoms with E-state index in [0.29, 0.717) is 44.1 Å². The molecule has 168 valence electrons. The Balaban J connectivity index is 1.84. The van der Waals surface area contributed by atoms with Crippen molar-refractivity contribution in [2.24, 2.45) is 0 Å². The second kappa shape index (κ2) is 9.21. The van der Waals surface area contributed by atoms with Crippen LogP contribution >= 0.6 is 0 Å². The van der Waals surface area contributed by atoms with Crippen LogP contribution in [0.15, 0.2) is 41.3 Å². The monoisotopic (exact) mass is 448 g/mol. The van der Waals surface area contributed by atoms with Crippen molar-refractivity contribution in [1.82, 2.24) is 4.90 Å². The Bertz CT molecular complexity index is 1060. The number of aliphatic hydroxyl groups excluding tert-OH is 1. The number of piperazine rings is 1. The number of aliphatic hydroxyl groups is 1. The fourth-order valence-electron chi connectivity index (χ4n) is 3.76. The summed E-state index contributed by atoms with van der Waals surface area (Å²) in [5, 5.41) is 21.3. The third-order valence-corrected chi connectivity index (χ3v) is 6.68. The van der Waals surface area contributed by atoms with Crippen molar-refractivity contribution in [2.45, 2.75) is 31.8 Å². The van der Waals surface area contributed by atoms with E-state index < -0.39 is 21.1 Å². The molecule has 0 aliphatic carbocycles. The van der Waals surface area contributed by atoms with Gasteiger partial charge >= 0.3 is 0 Å². The van der Waals surface area contributed by atoms with Crippen molar-refractivity contribution >= 4 is 27.1 Å². The van der Waals surface area contributed by atoms with Gasteiger partial charge in [-0.1, -0.05) is 17.7 Å². The summed E-state index contributed by atoms with van der Waals surface area (Å²) in [6.07, 6.45) is -0.435. The summed E-state index contributed by atoms with van der Waals surface area (Å²) in [4.78, 5) is 15.0. The Morgan fingerprint density at radius 1 is 1.13 bits per heavy atom. The lowest BCUT2D eigenvalue weighted by atomic mass is 10.1. The molecule has 0 amide bonds. The molecule has 0 saturated carbocycles. The van der Waals surface area contributed by atoms with E-state index in [-0.39, 0.29) is 10.6 Å². The average Bonchev–Trinajstić information content (AvgIpc) is 2.70. The standard InChI is InChI=1S/C21H28N4O5S/c1-15-4-6-19(16(2)12-15)22-31(29,30)18-5-7-20(21(13-18)25(27)28)24-10-8-23(9-11-24)14-17(3)26/h4-7,12-13,17,22,26H,8-11,14H2,1-3H3. The van der Waals surface area contributed by atoms with Crippen LogP contribution in [0, 0.1) is 24.0 Å². The minimum absolute atomic E-state index is 0.157. The zero-order valence-corrected chi connectivity index (χ0v) is 18.7. The van der Waals surface area contributed by atoms with Gasteiger partial charge in [-0.3, -0.25) is 19.7 Å². The number of anilines is 2. The molecular formula is C21H28N4O5S. The number of nitrogens with zero attached hydrogens (tertiary/aromatic N) is 3. The molecule has 0 spiro atoms. The van der Waals surface area contributed by atoms with Crippen molar-refractivity contribution < 1.29 is 18.4 Å². The molecule has 1 saturated heterocycles. The van der Waals surface area contributed by atoms with Gasteiger partial charge in [-0.2, -0.15) is 0 Å². The number of hydrogen-bond donors (Lipinski definition) is 2. The minimum Gasteiger partial charge on any atom is -0.392 e. The first-order valence-electron chi connectivity index (χ1n) is 10.1. The molecule has 2 aromatic carbocycles. The number of nitro groups is 1. The molecule has 9 nitrogen and oxygen atoms in total. The number of hydrogen-bond acceptors (Lipinski definition) is 7. The Kier molecular flexibility index (Phi) is 6.83. The predicted octanol–water partition coefficient (Wildman–Crippen LogP) is 2.52. The summed E-state index contributed by atoms with van der Waals surface area (Å²) < 4.78 is 28.3. The van der Waals surface area contributed by atoms with Gasteiger partial charge < -0.3 is 10.0 Å². The Morgan fingerprint density at radius 3 is 2.39 bits per heavy atom. The molecule has 1 aliphatic heterocycles. The Hall–Kier alpha value is -2.69. The van der Waals surface area contributed by atoms with Crippen LogP contribution in [0.25, 0.3) is 0 Å². The van der Waals surface area contributed by atoms with E-state index in [0.717, 1.165) is 17.2 Å². The van der Waals surface area contributed by atoms with Gasteiger partial charge in [-0.05, 0) is 44.5 Å². The third kappa shape index (κ3) is 5.52. The molecule has 1 atom stereocenters. The predicted molar refractivity (Wildman–Crippen MR) is 120 cm³/mol. The van der Waals surface area contributed by atoms with Crippen LogP contribution in [0.3, 0.4) is 0 Å². The molecular weight excluding hydrogens is 420 g/mol. The highest BCUT2D eigenvalue weighted by Gasteiger charge is 2.27. The molecule has 0 radical (unpaired) electrons. The van der Waals surface area contributed by atoms with Gasteiger partial charge in [-0.15, -0.1) is 0 Å². The van der Waals surface area contributed by atoms with Crippen molar-refractivity contribution in [2.75, 3.05) is 42.3 Å². The zero-order valence-electron chi connectivity index (χ0n) is 17.9. The second-order valence-corrected chi connectivity index (χ2v) is 9.65. The number of nitrogens with one attached hydrogen (secondary N) is 1. The van der Waals surface area contributed by atoms with Crippen molar-refractivity contribution in [3.05, 3.63) is 57.6 Å². The SMILES string of the molecule is Cc1ccc(NS(=O)(=O)c2ccc(N3CCN(CC(C)O)CC3)c([N+](=O)[O-])c2)c(C)c1. The minimum atomic E-state index is -3.98.